The molecule has 0 atom stereocenters. The van der Waals surface area contributed by atoms with Crippen molar-refractivity contribution in [2.45, 2.75) is 25.9 Å². The molecule has 0 aliphatic heterocycles. The average molecular weight is 355 g/mol. The fraction of sp³-hybridized carbons (Fsp3) is 0.333. The van der Waals surface area contributed by atoms with E-state index in [1.54, 1.807) is 0 Å². The second-order valence-electron chi connectivity index (χ2n) is 3.84. The number of carboxylic acids is 1. The summed E-state index contributed by atoms with van der Waals surface area (Å²) in [6, 6.07) is 2.63. The van der Waals surface area contributed by atoms with Crippen LogP contribution in [0.1, 0.15) is 18.4 Å². The minimum atomic E-state index is -3.18. The SMILES string of the molecule is O=C(O)CC(=O)CCc1ccc(Br)c(OC(F)F)c1F. The summed E-state index contributed by atoms with van der Waals surface area (Å²) < 4.78 is 42.2. The van der Waals surface area contributed by atoms with E-state index in [0.717, 1.165) is 0 Å². The minimum Gasteiger partial charge on any atom is -0.481 e. The standard InChI is InChI=1S/C12H10BrF3O4/c13-8-4-2-6(1-3-7(17)5-9(18)19)10(14)11(8)20-12(15)16/h2,4,12H,1,3,5H2,(H,18,19). The smallest absolute Gasteiger partial charge is 0.387 e. The van der Waals surface area contributed by atoms with Crippen LogP contribution in [0.25, 0.3) is 0 Å². The highest BCUT2D eigenvalue weighted by atomic mass is 79.9. The number of ether oxygens (including phenoxy) is 1. The maximum atomic E-state index is 13.9. The number of halogens is 4. The van der Waals surface area contributed by atoms with Crippen molar-refractivity contribution in [3.8, 4) is 5.75 Å². The van der Waals surface area contributed by atoms with Gasteiger partial charge in [0.25, 0.3) is 0 Å². The van der Waals surface area contributed by atoms with Crippen LogP contribution in [0.5, 0.6) is 5.75 Å². The Hall–Kier alpha value is -1.57. The van der Waals surface area contributed by atoms with Crippen LogP contribution in [-0.2, 0) is 16.0 Å². The third kappa shape index (κ3) is 4.84. The van der Waals surface area contributed by atoms with Gasteiger partial charge in [-0.05, 0) is 34.0 Å². The molecule has 0 heterocycles. The van der Waals surface area contributed by atoms with Crippen molar-refractivity contribution in [2.24, 2.45) is 0 Å². The highest BCUT2D eigenvalue weighted by Gasteiger charge is 2.18. The molecule has 4 nitrogen and oxygen atoms in total. The van der Waals surface area contributed by atoms with Gasteiger partial charge in [0.05, 0.1) is 4.47 Å². The average Bonchev–Trinajstić information content (AvgIpc) is 2.32. The summed E-state index contributed by atoms with van der Waals surface area (Å²) in [7, 11) is 0. The predicted molar refractivity (Wildman–Crippen MR) is 66.3 cm³/mol. The van der Waals surface area contributed by atoms with Crippen molar-refractivity contribution in [1.82, 2.24) is 0 Å². The van der Waals surface area contributed by atoms with Crippen molar-refractivity contribution in [3.05, 3.63) is 28.0 Å². The van der Waals surface area contributed by atoms with Gasteiger partial charge >= 0.3 is 12.6 Å². The molecule has 0 radical (unpaired) electrons. The molecule has 0 aliphatic rings. The Bertz CT molecular complexity index is 520. The van der Waals surface area contributed by atoms with Gasteiger partial charge in [-0.3, -0.25) is 9.59 Å². The Morgan fingerprint density at radius 1 is 1.35 bits per heavy atom. The molecule has 0 saturated heterocycles. The summed E-state index contributed by atoms with van der Waals surface area (Å²) in [6.07, 6.45) is -0.942. The van der Waals surface area contributed by atoms with Crippen molar-refractivity contribution < 1.29 is 32.6 Å². The quantitative estimate of drug-likeness (QED) is 0.764. The van der Waals surface area contributed by atoms with Crippen molar-refractivity contribution in [2.75, 3.05) is 0 Å². The number of carbonyl (C=O) groups excluding carboxylic acids is 1. The zero-order valence-corrected chi connectivity index (χ0v) is 11.6. The summed E-state index contributed by atoms with van der Waals surface area (Å²) in [5.74, 6) is -3.48. The van der Waals surface area contributed by atoms with Crippen LogP contribution in [0, 0.1) is 5.82 Å². The molecule has 1 N–H and O–H groups in total. The molecule has 0 fully saturated rings. The van der Waals surface area contributed by atoms with Crippen molar-refractivity contribution >= 4 is 27.7 Å². The molecule has 0 spiro atoms. The first kappa shape index (κ1) is 16.5. The summed E-state index contributed by atoms with van der Waals surface area (Å²) in [5, 5.41) is 8.41. The van der Waals surface area contributed by atoms with Crippen LogP contribution in [0.3, 0.4) is 0 Å². The van der Waals surface area contributed by atoms with E-state index in [2.05, 4.69) is 20.7 Å². The third-order valence-corrected chi connectivity index (χ3v) is 2.98. The molecule has 0 bridgehead atoms. The Morgan fingerprint density at radius 3 is 2.55 bits per heavy atom. The number of Topliss-reactive ketones (excluding diaryl/α,β-unsaturated/α-hetero) is 1. The lowest BCUT2D eigenvalue weighted by atomic mass is 10.1. The van der Waals surface area contributed by atoms with Crippen LogP contribution in [0.15, 0.2) is 16.6 Å². The van der Waals surface area contributed by atoms with Crippen LogP contribution in [0.2, 0.25) is 0 Å². The first-order valence-electron chi connectivity index (χ1n) is 5.46. The van der Waals surface area contributed by atoms with Gasteiger partial charge in [-0.2, -0.15) is 8.78 Å². The van der Waals surface area contributed by atoms with E-state index in [4.69, 9.17) is 5.11 Å². The molecule has 1 aromatic carbocycles. The lowest BCUT2D eigenvalue weighted by molar-refractivity contribution is -0.140. The number of hydrogen-bond acceptors (Lipinski definition) is 3. The lowest BCUT2D eigenvalue weighted by Gasteiger charge is -2.11. The molecule has 0 aromatic heterocycles. The van der Waals surface area contributed by atoms with E-state index >= 15 is 0 Å². The Morgan fingerprint density at radius 2 is 2.00 bits per heavy atom. The lowest BCUT2D eigenvalue weighted by Crippen LogP contribution is -2.09. The number of carboxylic acid groups (broad SMARTS) is 1. The molecular formula is C12H10BrF3O4. The van der Waals surface area contributed by atoms with Gasteiger partial charge in [0, 0.05) is 6.42 Å². The van der Waals surface area contributed by atoms with E-state index in [1.807, 2.05) is 0 Å². The number of aryl methyl sites for hydroxylation is 1. The van der Waals surface area contributed by atoms with Crippen LogP contribution >= 0.6 is 15.9 Å². The second-order valence-corrected chi connectivity index (χ2v) is 4.69. The predicted octanol–water partition coefficient (Wildman–Crippen LogP) is 3.17. The van der Waals surface area contributed by atoms with Gasteiger partial charge in [0.1, 0.15) is 12.2 Å². The van der Waals surface area contributed by atoms with Gasteiger partial charge in [0.2, 0.25) is 0 Å². The molecule has 0 saturated carbocycles. The molecule has 1 aromatic rings. The number of benzene rings is 1. The molecular weight excluding hydrogens is 345 g/mol. The topological polar surface area (TPSA) is 63.6 Å². The first-order valence-corrected chi connectivity index (χ1v) is 6.25. The zero-order chi connectivity index (χ0) is 15.3. The molecule has 1 rings (SSSR count). The molecule has 0 aliphatic carbocycles. The third-order valence-electron chi connectivity index (χ3n) is 2.36. The number of alkyl halides is 2. The van der Waals surface area contributed by atoms with E-state index in [1.165, 1.54) is 12.1 Å². The number of hydrogen-bond donors (Lipinski definition) is 1. The summed E-state index contributed by atoms with van der Waals surface area (Å²) in [4.78, 5) is 21.5. The van der Waals surface area contributed by atoms with Gasteiger partial charge < -0.3 is 9.84 Å². The fourth-order valence-corrected chi connectivity index (χ4v) is 1.89. The summed E-state index contributed by atoms with van der Waals surface area (Å²) in [5.41, 5.74) is 0.00240. The van der Waals surface area contributed by atoms with Crippen LogP contribution < -0.4 is 4.74 Å². The Balaban J connectivity index is 2.81. The van der Waals surface area contributed by atoms with Crippen molar-refractivity contribution in [1.29, 1.82) is 0 Å². The molecule has 0 amide bonds. The van der Waals surface area contributed by atoms with E-state index < -0.39 is 36.4 Å². The minimum absolute atomic E-state index is 0.00240. The summed E-state index contributed by atoms with van der Waals surface area (Å²) in [6.45, 7) is -3.18. The van der Waals surface area contributed by atoms with Gasteiger partial charge in [-0.1, -0.05) is 6.07 Å². The monoisotopic (exact) mass is 354 g/mol. The van der Waals surface area contributed by atoms with E-state index in [9.17, 15) is 22.8 Å². The number of ketones is 1. The molecule has 8 heteroatoms. The maximum Gasteiger partial charge on any atom is 0.387 e. The van der Waals surface area contributed by atoms with Gasteiger partial charge in [-0.15, -0.1) is 0 Å². The van der Waals surface area contributed by atoms with E-state index in [0.29, 0.717) is 0 Å². The van der Waals surface area contributed by atoms with Gasteiger partial charge in [0.15, 0.2) is 11.6 Å². The van der Waals surface area contributed by atoms with Crippen molar-refractivity contribution in [3.63, 3.8) is 0 Å². The normalized spacial score (nSPS) is 10.7. The maximum absolute atomic E-state index is 13.9. The largest absolute Gasteiger partial charge is 0.481 e. The number of carbonyl (C=O) groups is 2. The highest BCUT2D eigenvalue weighted by molar-refractivity contribution is 9.10. The van der Waals surface area contributed by atoms with Crippen LogP contribution in [0.4, 0.5) is 13.2 Å². The molecule has 20 heavy (non-hydrogen) atoms. The fourth-order valence-electron chi connectivity index (χ4n) is 1.49. The highest BCUT2D eigenvalue weighted by Crippen LogP contribution is 2.32. The molecule has 110 valence electrons. The summed E-state index contributed by atoms with van der Waals surface area (Å²) >= 11 is 2.88. The second kappa shape index (κ2) is 7.28. The first-order chi connectivity index (χ1) is 9.31. The Labute approximate surface area is 120 Å². The molecule has 0 unspecified atom stereocenters. The Kier molecular flexibility index (Phi) is 6.00. The number of rotatable bonds is 7. The van der Waals surface area contributed by atoms with Crippen LogP contribution in [-0.4, -0.2) is 23.5 Å². The van der Waals surface area contributed by atoms with E-state index in [-0.39, 0.29) is 22.9 Å². The number of aliphatic carboxylic acids is 1. The zero-order valence-electron chi connectivity index (χ0n) is 10.0. The van der Waals surface area contributed by atoms with Gasteiger partial charge in [-0.25, -0.2) is 4.39 Å².